The fraction of sp³-hybridized carbons (Fsp3) is 0.182. The highest BCUT2D eigenvalue weighted by molar-refractivity contribution is 5.95. The molecule has 7 nitrogen and oxygen atoms in total. The van der Waals surface area contributed by atoms with Gasteiger partial charge in [0.2, 0.25) is 5.91 Å². The Morgan fingerprint density at radius 2 is 1.76 bits per heavy atom. The van der Waals surface area contributed by atoms with Gasteiger partial charge >= 0.3 is 0 Å². The summed E-state index contributed by atoms with van der Waals surface area (Å²) in [7, 11) is 1.53. The van der Waals surface area contributed by atoms with Gasteiger partial charge in [-0.1, -0.05) is 30.3 Å². The smallest absolute Gasteiger partial charge is 0.261 e. The molecular formula is C22H22N2O5. The van der Waals surface area contributed by atoms with Crippen LogP contribution in [0.1, 0.15) is 5.76 Å². The zero-order chi connectivity index (χ0) is 20.5. The maximum atomic E-state index is 12.7. The number of carbonyl (C=O) groups is 2. The van der Waals surface area contributed by atoms with Gasteiger partial charge in [0.25, 0.3) is 5.91 Å². The fourth-order valence-corrected chi connectivity index (χ4v) is 2.69. The summed E-state index contributed by atoms with van der Waals surface area (Å²) >= 11 is 0. The Hall–Kier alpha value is -3.74. The summed E-state index contributed by atoms with van der Waals surface area (Å²) < 4.78 is 16.1. The molecule has 0 aliphatic heterocycles. The second kappa shape index (κ2) is 9.98. The van der Waals surface area contributed by atoms with Crippen LogP contribution in [-0.2, 0) is 16.1 Å². The van der Waals surface area contributed by atoms with Gasteiger partial charge < -0.3 is 24.1 Å². The highest BCUT2D eigenvalue weighted by atomic mass is 16.5. The molecule has 2 aromatic carbocycles. The first-order valence-corrected chi connectivity index (χ1v) is 9.06. The normalized spacial score (nSPS) is 10.2. The molecule has 0 saturated carbocycles. The number of benzene rings is 2. The molecule has 0 radical (unpaired) electrons. The molecule has 3 rings (SSSR count). The van der Waals surface area contributed by atoms with Gasteiger partial charge in [-0.2, -0.15) is 0 Å². The molecule has 0 aliphatic carbocycles. The van der Waals surface area contributed by atoms with E-state index in [1.807, 2.05) is 24.3 Å². The Morgan fingerprint density at radius 3 is 2.48 bits per heavy atom. The number of hydrogen-bond donors (Lipinski definition) is 1. The predicted molar refractivity (Wildman–Crippen MR) is 108 cm³/mol. The summed E-state index contributed by atoms with van der Waals surface area (Å²) in [6, 6.07) is 19.6. The molecule has 1 aromatic heterocycles. The predicted octanol–water partition coefficient (Wildman–Crippen LogP) is 3.33. The molecule has 1 heterocycles. The van der Waals surface area contributed by atoms with Crippen LogP contribution in [0.15, 0.2) is 77.4 Å². The average Bonchev–Trinajstić information content (AvgIpc) is 3.26. The SMILES string of the molecule is COc1ccccc1NC(=O)CN(Cc1ccco1)C(=O)COc1ccccc1. The van der Waals surface area contributed by atoms with Crippen LogP contribution < -0.4 is 14.8 Å². The van der Waals surface area contributed by atoms with Gasteiger partial charge in [0, 0.05) is 0 Å². The van der Waals surface area contributed by atoms with Crippen LogP contribution in [-0.4, -0.2) is 37.0 Å². The van der Waals surface area contributed by atoms with Crippen LogP contribution in [0, 0.1) is 0 Å². The zero-order valence-corrected chi connectivity index (χ0v) is 16.0. The van der Waals surface area contributed by atoms with E-state index in [0.29, 0.717) is 22.9 Å². The minimum atomic E-state index is -0.353. The van der Waals surface area contributed by atoms with Crippen molar-refractivity contribution < 1.29 is 23.5 Å². The van der Waals surface area contributed by atoms with Gasteiger partial charge in [0.15, 0.2) is 6.61 Å². The molecule has 1 N–H and O–H groups in total. The third-order valence-corrected chi connectivity index (χ3v) is 4.10. The number of ether oxygens (including phenoxy) is 2. The second-order valence-corrected chi connectivity index (χ2v) is 6.18. The number of carbonyl (C=O) groups excluding carboxylic acids is 2. The Labute approximate surface area is 168 Å². The molecule has 7 heteroatoms. The largest absolute Gasteiger partial charge is 0.495 e. The lowest BCUT2D eigenvalue weighted by molar-refractivity contribution is -0.137. The van der Waals surface area contributed by atoms with Crippen LogP contribution in [0.4, 0.5) is 5.69 Å². The molecule has 0 saturated heterocycles. The molecule has 0 aliphatic rings. The van der Waals surface area contributed by atoms with Crippen molar-refractivity contribution in [2.24, 2.45) is 0 Å². The minimum Gasteiger partial charge on any atom is -0.495 e. The molecule has 0 fully saturated rings. The fourth-order valence-electron chi connectivity index (χ4n) is 2.69. The van der Waals surface area contributed by atoms with Crippen LogP contribution in [0.5, 0.6) is 11.5 Å². The summed E-state index contributed by atoms with van der Waals surface area (Å²) in [5.41, 5.74) is 0.533. The first-order valence-electron chi connectivity index (χ1n) is 9.06. The van der Waals surface area contributed by atoms with Gasteiger partial charge in [-0.15, -0.1) is 0 Å². The minimum absolute atomic E-state index is 0.156. The van der Waals surface area contributed by atoms with E-state index in [9.17, 15) is 9.59 Å². The van der Waals surface area contributed by atoms with E-state index in [1.54, 1.807) is 42.5 Å². The molecular weight excluding hydrogens is 372 g/mol. The lowest BCUT2D eigenvalue weighted by Gasteiger charge is -2.21. The van der Waals surface area contributed by atoms with Gasteiger partial charge in [-0.3, -0.25) is 9.59 Å². The molecule has 29 heavy (non-hydrogen) atoms. The summed E-state index contributed by atoms with van der Waals surface area (Å²) in [6.45, 7) is -0.189. The third-order valence-electron chi connectivity index (χ3n) is 4.10. The monoisotopic (exact) mass is 394 g/mol. The first kappa shape index (κ1) is 20.0. The van der Waals surface area contributed by atoms with E-state index >= 15 is 0 Å². The number of anilines is 1. The number of para-hydroxylation sites is 3. The van der Waals surface area contributed by atoms with E-state index in [4.69, 9.17) is 13.9 Å². The number of hydrogen-bond acceptors (Lipinski definition) is 5. The van der Waals surface area contributed by atoms with E-state index in [0.717, 1.165) is 0 Å². The Kier molecular flexibility index (Phi) is 6.89. The third kappa shape index (κ3) is 5.87. The first-order chi connectivity index (χ1) is 14.2. The van der Waals surface area contributed by atoms with Gasteiger partial charge in [-0.05, 0) is 36.4 Å². The molecule has 3 aromatic rings. The van der Waals surface area contributed by atoms with E-state index < -0.39 is 0 Å². The van der Waals surface area contributed by atoms with Gasteiger partial charge in [0.1, 0.15) is 23.8 Å². The number of rotatable bonds is 9. The van der Waals surface area contributed by atoms with Crippen molar-refractivity contribution in [1.82, 2.24) is 4.90 Å². The molecule has 0 atom stereocenters. The number of furan rings is 1. The average molecular weight is 394 g/mol. The van der Waals surface area contributed by atoms with E-state index in [1.165, 1.54) is 18.3 Å². The van der Waals surface area contributed by atoms with Gasteiger partial charge in [-0.25, -0.2) is 0 Å². The summed E-state index contributed by atoms with van der Waals surface area (Å²) in [4.78, 5) is 26.7. The van der Waals surface area contributed by atoms with Crippen molar-refractivity contribution in [1.29, 1.82) is 0 Å². The maximum Gasteiger partial charge on any atom is 0.261 e. The lowest BCUT2D eigenvalue weighted by atomic mass is 10.3. The Balaban J connectivity index is 1.65. The lowest BCUT2D eigenvalue weighted by Crippen LogP contribution is -2.40. The van der Waals surface area contributed by atoms with Crippen molar-refractivity contribution in [2.75, 3.05) is 25.6 Å². The van der Waals surface area contributed by atoms with Crippen LogP contribution in [0.2, 0.25) is 0 Å². The van der Waals surface area contributed by atoms with Crippen molar-refractivity contribution in [2.45, 2.75) is 6.54 Å². The maximum absolute atomic E-state index is 12.7. The summed E-state index contributed by atoms with van der Waals surface area (Å²) in [5.74, 6) is 1.01. The number of nitrogens with one attached hydrogen (secondary N) is 1. The molecule has 150 valence electrons. The number of nitrogens with zero attached hydrogens (tertiary/aromatic N) is 1. The van der Waals surface area contributed by atoms with Crippen molar-refractivity contribution in [3.8, 4) is 11.5 Å². The molecule has 0 bridgehead atoms. The Morgan fingerprint density at radius 1 is 1.00 bits per heavy atom. The van der Waals surface area contributed by atoms with Crippen LogP contribution in [0.25, 0.3) is 0 Å². The zero-order valence-electron chi connectivity index (χ0n) is 16.0. The highest BCUT2D eigenvalue weighted by Crippen LogP contribution is 2.23. The van der Waals surface area contributed by atoms with Crippen molar-refractivity contribution >= 4 is 17.5 Å². The van der Waals surface area contributed by atoms with Crippen molar-refractivity contribution in [3.05, 3.63) is 78.8 Å². The standard InChI is InChI=1S/C22H22N2O5/c1-27-20-12-6-5-11-19(20)23-21(25)15-24(14-18-10-7-13-28-18)22(26)16-29-17-8-3-2-4-9-17/h2-13H,14-16H2,1H3,(H,23,25). The van der Waals surface area contributed by atoms with Crippen molar-refractivity contribution in [3.63, 3.8) is 0 Å². The topological polar surface area (TPSA) is 81.0 Å². The number of amides is 2. The molecule has 0 unspecified atom stereocenters. The molecule has 2 amide bonds. The van der Waals surface area contributed by atoms with E-state index in [-0.39, 0.29) is 31.5 Å². The van der Waals surface area contributed by atoms with Gasteiger partial charge in [0.05, 0.1) is 25.6 Å². The number of methoxy groups -OCH3 is 1. The summed E-state index contributed by atoms with van der Waals surface area (Å²) in [5, 5.41) is 2.77. The highest BCUT2D eigenvalue weighted by Gasteiger charge is 2.20. The Bertz CT molecular complexity index is 925. The van der Waals surface area contributed by atoms with E-state index in [2.05, 4.69) is 5.32 Å². The summed E-state index contributed by atoms with van der Waals surface area (Å²) in [6.07, 6.45) is 1.52. The van der Waals surface area contributed by atoms with Crippen LogP contribution >= 0.6 is 0 Å². The second-order valence-electron chi connectivity index (χ2n) is 6.18. The van der Waals surface area contributed by atoms with Crippen LogP contribution in [0.3, 0.4) is 0 Å². The molecule has 0 spiro atoms. The quantitative estimate of drug-likeness (QED) is 0.602.